The molecule has 0 aliphatic carbocycles. The highest BCUT2D eigenvalue weighted by Crippen LogP contribution is 2.34. The summed E-state index contributed by atoms with van der Waals surface area (Å²) >= 11 is 0. The number of aliphatic hydroxyl groups is 3. The fraction of sp³-hybridized carbons (Fsp3) is 0.774. The number of allylic oxidation sites excluding steroid dienone is 3. The van der Waals surface area contributed by atoms with Gasteiger partial charge in [-0.2, -0.15) is 0 Å². The summed E-state index contributed by atoms with van der Waals surface area (Å²) in [5, 5.41) is 33.0. The Labute approximate surface area is 244 Å². The first kappa shape index (κ1) is 35.2. The van der Waals surface area contributed by atoms with E-state index in [1.807, 2.05) is 26.8 Å². The van der Waals surface area contributed by atoms with Crippen LogP contribution in [0.3, 0.4) is 0 Å². The molecule has 0 aromatic heterocycles. The molecule has 2 aliphatic heterocycles. The third-order valence-corrected chi connectivity index (χ3v) is 8.51. The maximum Gasteiger partial charge on any atom is 0.308 e. The van der Waals surface area contributed by atoms with Crippen molar-refractivity contribution in [3.8, 4) is 0 Å². The SMILES string of the molecule is CC[C@H]1OC(=O)C[C@@H](O)[C@H](C)[C@@H](O[C@@H]2O[C@H](C)[C@@H](O)[C@H](N(C)C)[C@H]2O)[C@@H](CC=O)C[C@@H](C)C(=O)/C=C/C(C)=C/[C@@H]1C. The standard InChI is InChI=1S/C31H51NO9/c1-9-25-19(4)14-17(2)10-11-23(34)18(3)15-22(12-13-33)30(20(5)24(35)16-26(36)40-25)41-31-29(38)27(32(7)8)28(37)21(6)39-31/h10-11,13-14,18-22,24-25,27-31,35,37-38H,9,12,15-16H2,1-8H3/b11-10+,17-14+/t18-,19+,20+,21-,22+,24-,25-,27+,28-,29-,30-,31+/m1/s1. The van der Waals surface area contributed by atoms with Crippen molar-refractivity contribution in [2.45, 2.75) is 116 Å². The number of carbonyl (C=O) groups is 3. The topological polar surface area (TPSA) is 143 Å². The van der Waals surface area contributed by atoms with Crippen LogP contribution in [0.1, 0.15) is 67.2 Å². The van der Waals surface area contributed by atoms with Crippen LogP contribution in [0.25, 0.3) is 0 Å². The molecule has 2 heterocycles. The number of aldehydes is 1. The molecule has 0 radical (unpaired) electrons. The van der Waals surface area contributed by atoms with Crippen molar-refractivity contribution in [3.63, 3.8) is 0 Å². The number of aliphatic hydroxyl groups excluding tert-OH is 3. The molecule has 0 spiro atoms. The van der Waals surface area contributed by atoms with E-state index in [9.17, 15) is 29.7 Å². The highest BCUT2D eigenvalue weighted by Gasteiger charge is 2.47. The number of hydrogen-bond donors (Lipinski definition) is 3. The molecule has 0 amide bonds. The molecule has 10 nitrogen and oxygen atoms in total. The molecular formula is C31H51NO9. The van der Waals surface area contributed by atoms with Gasteiger partial charge < -0.3 is 39.2 Å². The number of cyclic esters (lactones) is 1. The molecule has 0 aromatic rings. The second-order valence-electron chi connectivity index (χ2n) is 12.1. The first-order chi connectivity index (χ1) is 19.2. The zero-order chi connectivity index (χ0) is 31.0. The lowest BCUT2D eigenvalue weighted by molar-refractivity contribution is -0.304. The van der Waals surface area contributed by atoms with Crippen LogP contribution in [0, 0.1) is 23.7 Å². The fourth-order valence-corrected chi connectivity index (χ4v) is 5.92. The van der Waals surface area contributed by atoms with Crippen molar-refractivity contribution in [1.29, 1.82) is 0 Å². The van der Waals surface area contributed by atoms with Crippen molar-refractivity contribution in [2.75, 3.05) is 14.1 Å². The maximum absolute atomic E-state index is 13.1. The van der Waals surface area contributed by atoms with Crippen molar-refractivity contribution in [3.05, 3.63) is 23.8 Å². The average molecular weight is 582 g/mol. The Morgan fingerprint density at radius 1 is 1.07 bits per heavy atom. The first-order valence-electron chi connectivity index (χ1n) is 14.8. The summed E-state index contributed by atoms with van der Waals surface area (Å²) in [6.45, 7) is 10.9. The second-order valence-corrected chi connectivity index (χ2v) is 12.1. The van der Waals surface area contributed by atoms with E-state index in [4.69, 9.17) is 14.2 Å². The molecule has 2 rings (SSSR count). The highest BCUT2D eigenvalue weighted by molar-refractivity contribution is 5.91. The number of rotatable bonds is 6. The maximum atomic E-state index is 13.1. The molecule has 0 saturated carbocycles. The van der Waals surface area contributed by atoms with Gasteiger partial charge in [-0.1, -0.05) is 45.4 Å². The summed E-state index contributed by atoms with van der Waals surface area (Å²) in [6, 6.07) is -0.690. The lowest BCUT2D eigenvalue weighted by Gasteiger charge is -2.46. The Kier molecular flexibility index (Phi) is 13.8. The average Bonchev–Trinajstić information content (AvgIpc) is 2.90. The molecule has 1 fully saturated rings. The van der Waals surface area contributed by atoms with Gasteiger partial charge in [0.15, 0.2) is 12.1 Å². The molecule has 10 heteroatoms. The minimum absolute atomic E-state index is 0.0277. The molecule has 0 aromatic carbocycles. The Morgan fingerprint density at radius 3 is 2.32 bits per heavy atom. The minimum atomic E-state index is -1.24. The number of carbonyl (C=O) groups excluding carboxylic acids is 3. The summed E-state index contributed by atoms with van der Waals surface area (Å²) in [4.78, 5) is 39.5. The lowest BCUT2D eigenvalue weighted by atomic mass is 9.79. The quantitative estimate of drug-likeness (QED) is 0.316. The van der Waals surface area contributed by atoms with E-state index >= 15 is 0 Å². The summed E-state index contributed by atoms with van der Waals surface area (Å²) in [6.07, 6.45) is -0.0195. The zero-order valence-electron chi connectivity index (χ0n) is 25.8. The molecule has 0 unspecified atom stereocenters. The summed E-state index contributed by atoms with van der Waals surface area (Å²) in [7, 11) is 3.46. The van der Waals surface area contributed by atoms with Crippen LogP contribution in [0.5, 0.6) is 0 Å². The van der Waals surface area contributed by atoms with Crippen molar-refractivity contribution >= 4 is 18.0 Å². The molecular weight excluding hydrogens is 530 g/mol. The second kappa shape index (κ2) is 16.0. The van der Waals surface area contributed by atoms with E-state index in [0.29, 0.717) is 6.42 Å². The Hall–Kier alpha value is -1.95. The van der Waals surface area contributed by atoms with Crippen molar-refractivity contribution in [1.82, 2.24) is 4.90 Å². The highest BCUT2D eigenvalue weighted by atomic mass is 16.7. The molecule has 0 bridgehead atoms. The van der Waals surface area contributed by atoms with Gasteiger partial charge in [-0.3, -0.25) is 9.59 Å². The molecule has 3 N–H and O–H groups in total. The van der Waals surface area contributed by atoms with Gasteiger partial charge in [0, 0.05) is 24.2 Å². The lowest BCUT2D eigenvalue weighted by Crippen LogP contribution is -2.63. The predicted molar refractivity (Wildman–Crippen MR) is 154 cm³/mol. The Balaban J connectivity index is 2.50. The third-order valence-electron chi connectivity index (χ3n) is 8.51. The molecule has 12 atom stereocenters. The van der Waals surface area contributed by atoms with Gasteiger partial charge >= 0.3 is 5.97 Å². The van der Waals surface area contributed by atoms with Crippen LogP contribution in [-0.4, -0.2) is 101 Å². The van der Waals surface area contributed by atoms with Gasteiger partial charge in [0.05, 0.1) is 36.9 Å². The van der Waals surface area contributed by atoms with E-state index in [1.54, 1.807) is 45.8 Å². The van der Waals surface area contributed by atoms with Crippen molar-refractivity contribution < 1.29 is 43.9 Å². The predicted octanol–water partition coefficient (Wildman–Crippen LogP) is 2.43. The largest absolute Gasteiger partial charge is 0.462 e. The van der Waals surface area contributed by atoms with Crippen LogP contribution in [0.15, 0.2) is 23.8 Å². The van der Waals surface area contributed by atoms with E-state index < -0.39 is 72.7 Å². The zero-order valence-corrected chi connectivity index (χ0v) is 25.8. The van der Waals surface area contributed by atoms with Gasteiger partial charge in [-0.05, 0) is 52.8 Å². The monoisotopic (exact) mass is 581 g/mol. The van der Waals surface area contributed by atoms with E-state index in [1.165, 1.54) is 6.08 Å². The third kappa shape index (κ3) is 9.53. The van der Waals surface area contributed by atoms with Crippen LogP contribution < -0.4 is 0 Å². The summed E-state index contributed by atoms with van der Waals surface area (Å²) < 4.78 is 18.0. The van der Waals surface area contributed by atoms with Crippen LogP contribution in [0.2, 0.25) is 0 Å². The number of nitrogens with zero attached hydrogens (tertiary/aromatic N) is 1. The number of likely N-dealkylation sites (N-methyl/N-ethyl adjacent to an activating group) is 1. The smallest absolute Gasteiger partial charge is 0.308 e. The Bertz CT molecular complexity index is 935. The Morgan fingerprint density at radius 2 is 1.73 bits per heavy atom. The normalized spacial score (nSPS) is 42.3. The fourth-order valence-electron chi connectivity index (χ4n) is 5.92. The van der Waals surface area contributed by atoms with Crippen molar-refractivity contribution in [2.24, 2.45) is 23.7 Å². The molecule has 2 aliphatic rings. The molecule has 1 saturated heterocycles. The van der Waals surface area contributed by atoms with Gasteiger partial charge in [-0.25, -0.2) is 0 Å². The van der Waals surface area contributed by atoms with Gasteiger partial charge in [0.25, 0.3) is 0 Å². The minimum Gasteiger partial charge on any atom is -0.462 e. The van der Waals surface area contributed by atoms with Crippen LogP contribution in [0.4, 0.5) is 0 Å². The molecule has 41 heavy (non-hydrogen) atoms. The number of ketones is 1. The number of esters is 1. The summed E-state index contributed by atoms with van der Waals surface area (Å²) in [5.41, 5.74) is 0.856. The van der Waals surface area contributed by atoms with Gasteiger partial charge in [-0.15, -0.1) is 0 Å². The van der Waals surface area contributed by atoms with Crippen LogP contribution in [-0.2, 0) is 28.6 Å². The number of ether oxygens (including phenoxy) is 3. The van der Waals surface area contributed by atoms with Gasteiger partial charge in [0.2, 0.25) is 0 Å². The molecule has 234 valence electrons. The van der Waals surface area contributed by atoms with E-state index in [0.717, 1.165) is 11.9 Å². The van der Waals surface area contributed by atoms with Gasteiger partial charge in [0.1, 0.15) is 18.5 Å². The number of hydrogen-bond acceptors (Lipinski definition) is 10. The van der Waals surface area contributed by atoms with E-state index in [-0.39, 0.29) is 31.0 Å². The van der Waals surface area contributed by atoms with E-state index in [2.05, 4.69) is 0 Å². The summed E-state index contributed by atoms with van der Waals surface area (Å²) in [5.74, 6) is -2.48. The van der Waals surface area contributed by atoms with Crippen LogP contribution >= 0.6 is 0 Å². The first-order valence-corrected chi connectivity index (χ1v) is 14.8.